The van der Waals surface area contributed by atoms with Gasteiger partial charge in [0.2, 0.25) is 5.91 Å². The molecule has 0 saturated heterocycles. The summed E-state index contributed by atoms with van der Waals surface area (Å²) in [6, 6.07) is 12.5. The van der Waals surface area contributed by atoms with E-state index in [1.54, 1.807) is 43.3 Å². The fourth-order valence-electron chi connectivity index (χ4n) is 3.02. The number of amides is 2. The lowest BCUT2D eigenvalue weighted by Crippen LogP contribution is -2.33. The largest absolute Gasteiger partial charge is 0.497 e. The van der Waals surface area contributed by atoms with E-state index in [2.05, 4.69) is 5.32 Å². The summed E-state index contributed by atoms with van der Waals surface area (Å²) in [5, 5.41) is 2.88. The Labute approximate surface area is 141 Å². The molecular formula is C19H20N2O3. The van der Waals surface area contributed by atoms with Gasteiger partial charge in [0.05, 0.1) is 12.5 Å². The quantitative estimate of drug-likeness (QED) is 0.943. The first-order valence-corrected chi connectivity index (χ1v) is 7.72. The Balaban J connectivity index is 1.89. The maximum atomic E-state index is 12.4. The molecule has 124 valence electrons. The van der Waals surface area contributed by atoms with Crippen molar-refractivity contribution in [2.45, 2.75) is 19.3 Å². The maximum Gasteiger partial charge on any atom is 0.255 e. The van der Waals surface area contributed by atoms with Crippen molar-refractivity contribution in [3.05, 3.63) is 53.6 Å². The third kappa shape index (κ3) is 2.52. The van der Waals surface area contributed by atoms with E-state index in [0.29, 0.717) is 17.0 Å². The van der Waals surface area contributed by atoms with E-state index in [-0.39, 0.29) is 11.8 Å². The van der Waals surface area contributed by atoms with Gasteiger partial charge in [-0.1, -0.05) is 6.07 Å². The molecule has 0 atom stereocenters. The molecule has 1 heterocycles. The molecular weight excluding hydrogens is 304 g/mol. The van der Waals surface area contributed by atoms with E-state index >= 15 is 0 Å². The first-order chi connectivity index (χ1) is 11.3. The molecule has 1 aliphatic rings. The molecule has 0 aromatic heterocycles. The van der Waals surface area contributed by atoms with Crippen LogP contribution in [0.15, 0.2) is 42.5 Å². The van der Waals surface area contributed by atoms with E-state index in [9.17, 15) is 9.59 Å². The highest BCUT2D eigenvalue weighted by Crippen LogP contribution is 2.41. The molecule has 0 bridgehead atoms. The molecule has 3 rings (SSSR count). The van der Waals surface area contributed by atoms with Crippen LogP contribution >= 0.6 is 0 Å². The molecule has 0 aliphatic carbocycles. The summed E-state index contributed by atoms with van der Waals surface area (Å²) in [5.41, 5.74) is 2.38. The maximum absolute atomic E-state index is 12.4. The summed E-state index contributed by atoms with van der Waals surface area (Å²) >= 11 is 0. The molecule has 1 aliphatic heterocycles. The molecule has 0 saturated carbocycles. The van der Waals surface area contributed by atoms with Gasteiger partial charge in [0.15, 0.2) is 0 Å². The zero-order chi connectivity index (χ0) is 17.5. The lowest BCUT2D eigenvalue weighted by molar-refractivity contribution is -0.121. The average Bonchev–Trinajstić information content (AvgIpc) is 2.75. The molecule has 5 nitrogen and oxygen atoms in total. The normalized spacial score (nSPS) is 15.2. The van der Waals surface area contributed by atoms with Gasteiger partial charge in [0, 0.05) is 24.0 Å². The summed E-state index contributed by atoms with van der Waals surface area (Å²) in [5.74, 6) is 0.461. The van der Waals surface area contributed by atoms with Crippen LogP contribution in [0.1, 0.15) is 29.8 Å². The highest BCUT2D eigenvalue weighted by molar-refractivity contribution is 6.09. The Hall–Kier alpha value is -2.82. The number of anilines is 2. The molecule has 2 aromatic rings. The number of fused-ring (bicyclic) bond motifs is 1. The van der Waals surface area contributed by atoms with Crippen molar-refractivity contribution in [1.29, 1.82) is 0 Å². The number of carbonyl (C=O) groups is 2. The summed E-state index contributed by atoms with van der Waals surface area (Å²) in [6.45, 7) is 3.79. The Morgan fingerprint density at radius 1 is 1.17 bits per heavy atom. The minimum absolute atomic E-state index is 0.0498. The highest BCUT2D eigenvalue weighted by atomic mass is 16.5. The molecule has 1 N–H and O–H groups in total. The van der Waals surface area contributed by atoms with E-state index in [1.807, 2.05) is 32.0 Å². The summed E-state index contributed by atoms with van der Waals surface area (Å²) in [6.07, 6.45) is 0. The monoisotopic (exact) mass is 324 g/mol. The van der Waals surface area contributed by atoms with Crippen molar-refractivity contribution in [3.63, 3.8) is 0 Å². The van der Waals surface area contributed by atoms with E-state index < -0.39 is 5.41 Å². The molecule has 0 radical (unpaired) electrons. The van der Waals surface area contributed by atoms with Gasteiger partial charge in [-0.05, 0) is 55.8 Å². The fraction of sp³-hybridized carbons (Fsp3) is 0.263. The van der Waals surface area contributed by atoms with Gasteiger partial charge >= 0.3 is 0 Å². The molecule has 2 amide bonds. The van der Waals surface area contributed by atoms with Crippen molar-refractivity contribution >= 4 is 23.2 Å². The topological polar surface area (TPSA) is 58.6 Å². The number of ether oxygens (including phenoxy) is 1. The number of methoxy groups -OCH3 is 1. The number of carbonyl (C=O) groups excluding carboxylic acids is 2. The van der Waals surface area contributed by atoms with Crippen LogP contribution in [0.5, 0.6) is 5.75 Å². The lowest BCUT2D eigenvalue weighted by atomic mass is 9.86. The van der Waals surface area contributed by atoms with Crippen LogP contribution in [0.3, 0.4) is 0 Å². The second-order valence-corrected chi connectivity index (χ2v) is 6.41. The van der Waals surface area contributed by atoms with Crippen molar-refractivity contribution in [2.75, 3.05) is 24.4 Å². The summed E-state index contributed by atoms with van der Waals surface area (Å²) in [7, 11) is 3.33. The Bertz CT molecular complexity index is 827. The van der Waals surface area contributed by atoms with Crippen LogP contribution in [0.4, 0.5) is 11.4 Å². The lowest BCUT2D eigenvalue weighted by Gasteiger charge is -2.17. The minimum atomic E-state index is -0.596. The molecule has 0 spiro atoms. The predicted molar refractivity (Wildman–Crippen MR) is 93.8 cm³/mol. The molecule has 0 unspecified atom stereocenters. The van der Waals surface area contributed by atoms with E-state index in [4.69, 9.17) is 4.74 Å². The van der Waals surface area contributed by atoms with E-state index in [1.165, 1.54) is 0 Å². The summed E-state index contributed by atoms with van der Waals surface area (Å²) < 4.78 is 5.14. The fourth-order valence-corrected chi connectivity index (χ4v) is 3.02. The zero-order valence-electron chi connectivity index (χ0n) is 14.2. The summed E-state index contributed by atoms with van der Waals surface area (Å²) in [4.78, 5) is 26.4. The van der Waals surface area contributed by atoms with Crippen molar-refractivity contribution in [3.8, 4) is 5.75 Å². The van der Waals surface area contributed by atoms with Crippen molar-refractivity contribution in [2.24, 2.45) is 0 Å². The average molecular weight is 324 g/mol. The van der Waals surface area contributed by atoms with Crippen molar-refractivity contribution in [1.82, 2.24) is 0 Å². The number of hydrogen-bond donors (Lipinski definition) is 1. The number of benzene rings is 2. The van der Waals surface area contributed by atoms with Crippen LogP contribution in [0.25, 0.3) is 0 Å². The number of nitrogens with zero attached hydrogens (tertiary/aromatic N) is 1. The standard InChI is InChI=1S/C19H20N2O3/c1-19(2)15-11-13(8-9-16(15)21(3)18(19)23)20-17(22)12-6-5-7-14(10-12)24-4/h5-11H,1-4H3,(H,20,22). The zero-order valence-corrected chi connectivity index (χ0v) is 14.2. The van der Waals surface area contributed by atoms with Crippen molar-refractivity contribution < 1.29 is 14.3 Å². The highest BCUT2D eigenvalue weighted by Gasteiger charge is 2.42. The number of nitrogens with one attached hydrogen (secondary N) is 1. The molecule has 5 heteroatoms. The van der Waals surface area contributed by atoms with Crippen LogP contribution in [-0.2, 0) is 10.2 Å². The van der Waals surface area contributed by atoms with Gasteiger partial charge in [-0.15, -0.1) is 0 Å². The van der Waals surface area contributed by atoms with Gasteiger partial charge in [0.25, 0.3) is 5.91 Å². The number of rotatable bonds is 3. The van der Waals surface area contributed by atoms with Crippen LogP contribution in [0.2, 0.25) is 0 Å². The molecule has 24 heavy (non-hydrogen) atoms. The number of hydrogen-bond acceptors (Lipinski definition) is 3. The smallest absolute Gasteiger partial charge is 0.255 e. The third-order valence-electron chi connectivity index (χ3n) is 4.46. The Morgan fingerprint density at radius 2 is 1.92 bits per heavy atom. The van der Waals surface area contributed by atoms with Gasteiger partial charge < -0.3 is 15.0 Å². The van der Waals surface area contributed by atoms with Crippen LogP contribution in [0, 0.1) is 0 Å². The van der Waals surface area contributed by atoms with Gasteiger partial charge in [-0.25, -0.2) is 0 Å². The minimum Gasteiger partial charge on any atom is -0.497 e. The Morgan fingerprint density at radius 3 is 2.62 bits per heavy atom. The van der Waals surface area contributed by atoms with Gasteiger partial charge in [0.1, 0.15) is 5.75 Å². The first kappa shape index (κ1) is 16.1. The van der Waals surface area contributed by atoms with Gasteiger partial charge in [-0.3, -0.25) is 9.59 Å². The van der Waals surface area contributed by atoms with Crippen LogP contribution in [-0.4, -0.2) is 26.0 Å². The van der Waals surface area contributed by atoms with Crippen LogP contribution < -0.4 is 15.0 Å². The molecule has 0 fully saturated rings. The molecule has 2 aromatic carbocycles. The van der Waals surface area contributed by atoms with Gasteiger partial charge in [-0.2, -0.15) is 0 Å². The Kier molecular flexibility index (Phi) is 3.79. The SMILES string of the molecule is COc1cccc(C(=O)Nc2ccc3c(c2)C(C)(C)C(=O)N3C)c1. The second-order valence-electron chi connectivity index (χ2n) is 6.41. The van der Waals surface area contributed by atoms with E-state index in [0.717, 1.165) is 11.3 Å². The second kappa shape index (κ2) is 5.67. The third-order valence-corrected chi connectivity index (χ3v) is 4.46. The first-order valence-electron chi connectivity index (χ1n) is 7.72. The number of likely N-dealkylation sites (N-methyl/N-ethyl adjacent to an activating group) is 1. The predicted octanol–water partition coefficient (Wildman–Crippen LogP) is 3.20.